The van der Waals surface area contributed by atoms with E-state index in [1.54, 1.807) is 0 Å². The fraction of sp³-hybridized carbons (Fsp3) is 0.429. The van der Waals surface area contributed by atoms with Gasteiger partial charge in [-0.15, -0.1) is 0 Å². The van der Waals surface area contributed by atoms with Crippen molar-refractivity contribution >= 4 is 39.1 Å². The fourth-order valence-electron chi connectivity index (χ4n) is 3.89. The Labute approximate surface area is 163 Å². The molecule has 0 radical (unpaired) electrons. The summed E-state index contributed by atoms with van der Waals surface area (Å²) in [6.45, 7) is 4.90. The van der Waals surface area contributed by atoms with Crippen LogP contribution in [-0.4, -0.2) is 42.6 Å². The van der Waals surface area contributed by atoms with Gasteiger partial charge in [-0.1, -0.05) is 34.1 Å². The third kappa shape index (κ3) is 4.07. The van der Waals surface area contributed by atoms with Crippen LogP contribution in [0.15, 0.2) is 46.9 Å². The first kappa shape index (κ1) is 17.4. The third-order valence-electron chi connectivity index (χ3n) is 5.21. The molecule has 0 aromatic heterocycles. The van der Waals surface area contributed by atoms with Gasteiger partial charge in [0.05, 0.1) is 0 Å². The van der Waals surface area contributed by atoms with E-state index >= 15 is 0 Å². The summed E-state index contributed by atoms with van der Waals surface area (Å²) in [7, 11) is 0. The minimum atomic E-state index is 1.03. The lowest BCUT2D eigenvalue weighted by Gasteiger charge is -2.34. The Morgan fingerprint density at radius 3 is 2.52 bits per heavy atom. The van der Waals surface area contributed by atoms with Gasteiger partial charge in [0.1, 0.15) is 0 Å². The molecule has 0 bridgehead atoms. The van der Waals surface area contributed by atoms with E-state index in [9.17, 15) is 0 Å². The molecule has 25 heavy (non-hydrogen) atoms. The van der Waals surface area contributed by atoms with Crippen LogP contribution in [0.4, 0.5) is 11.4 Å². The second-order valence-corrected chi connectivity index (χ2v) is 9.03. The Morgan fingerprint density at radius 1 is 0.880 bits per heavy atom. The quantitative estimate of drug-likeness (QED) is 0.608. The van der Waals surface area contributed by atoms with Gasteiger partial charge >= 0.3 is 0 Å². The second kappa shape index (κ2) is 8.15. The van der Waals surface area contributed by atoms with Gasteiger partial charge in [-0.3, -0.25) is 0 Å². The van der Waals surface area contributed by atoms with E-state index in [2.05, 4.69) is 80.0 Å². The lowest BCUT2D eigenvalue weighted by molar-refractivity contribution is 0.296. The highest BCUT2D eigenvalue weighted by atomic mass is 79.9. The molecule has 2 heterocycles. The van der Waals surface area contributed by atoms with E-state index < -0.39 is 0 Å². The summed E-state index contributed by atoms with van der Waals surface area (Å²) in [6, 6.07) is 15.6. The Kier molecular flexibility index (Phi) is 5.69. The van der Waals surface area contributed by atoms with Crippen molar-refractivity contribution in [2.75, 3.05) is 42.6 Å². The number of para-hydroxylation sites is 1. The maximum Gasteiger partial charge on any atom is 0.0447 e. The predicted octanol–water partition coefficient (Wildman–Crippen LogP) is 5.32. The molecule has 2 nitrogen and oxygen atoms in total. The summed E-state index contributed by atoms with van der Waals surface area (Å²) < 4.78 is 1.17. The number of unbranched alkanes of at least 4 members (excludes halogenated alkanes) is 1. The zero-order valence-electron chi connectivity index (χ0n) is 14.6. The van der Waals surface area contributed by atoms with Crippen molar-refractivity contribution in [1.29, 1.82) is 0 Å². The molecule has 4 rings (SSSR count). The van der Waals surface area contributed by atoms with E-state index in [4.69, 9.17) is 0 Å². The molecule has 0 N–H and O–H groups in total. The monoisotopic (exact) mass is 416 g/mol. The highest BCUT2D eigenvalue weighted by molar-refractivity contribution is 9.10. The molecule has 0 spiro atoms. The molecule has 1 saturated heterocycles. The normalized spacial score (nSPS) is 17.2. The number of anilines is 2. The summed E-state index contributed by atoms with van der Waals surface area (Å²) in [5.41, 5.74) is 5.66. The maximum atomic E-state index is 3.63. The molecule has 0 aliphatic carbocycles. The zero-order valence-corrected chi connectivity index (χ0v) is 17.0. The van der Waals surface area contributed by atoms with Crippen LogP contribution in [0, 0.1) is 0 Å². The van der Waals surface area contributed by atoms with Gasteiger partial charge < -0.3 is 9.80 Å². The minimum absolute atomic E-state index is 1.03. The highest BCUT2D eigenvalue weighted by Gasteiger charge is 2.22. The molecule has 1 fully saturated rings. The second-order valence-electron chi connectivity index (χ2n) is 6.89. The van der Waals surface area contributed by atoms with Crippen LogP contribution >= 0.6 is 27.7 Å². The summed E-state index contributed by atoms with van der Waals surface area (Å²) >= 11 is 5.73. The maximum absolute atomic E-state index is 3.63. The first-order chi connectivity index (χ1) is 12.3. The Morgan fingerprint density at radius 2 is 1.64 bits per heavy atom. The van der Waals surface area contributed by atoms with Crippen molar-refractivity contribution in [2.45, 2.75) is 19.3 Å². The van der Waals surface area contributed by atoms with Gasteiger partial charge in [-0.25, -0.2) is 0 Å². The van der Waals surface area contributed by atoms with Crippen molar-refractivity contribution in [2.24, 2.45) is 0 Å². The SMILES string of the molecule is Brc1ccc2c(c1)Cc1ccccc1N2CCCCN1CCSCC1. The minimum Gasteiger partial charge on any atom is -0.341 e. The Balaban J connectivity index is 1.45. The summed E-state index contributed by atoms with van der Waals surface area (Å²) in [4.78, 5) is 5.17. The summed E-state index contributed by atoms with van der Waals surface area (Å²) in [5, 5.41) is 0. The van der Waals surface area contributed by atoms with E-state index in [1.165, 1.54) is 71.0 Å². The van der Waals surface area contributed by atoms with E-state index in [0.29, 0.717) is 0 Å². The summed E-state index contributed by atoms with van der Waals surface area (Å²) in [6.07, 6.45) is 3.57. The van der Waals surface area contributed by atoms with Crippen LogP contribution in [-0.2, 0) is 6.42 Å². The molecule has 0 saturated carbocycles. The lowest BCUT2D eigenvalue weighted by atomic mass is 9.95. The number of rotatable bonds is 5. The summed E-state index contributed by atoms with van der Waals surface area (Å²) in [5.74, 6) is 2.61. The number of thioether (sulfide) groups is 1. The number of halogens is 1. The average Bonchev–Trinajstić information content (AvgIpc) is 2.65. The van der Waals surface area contributed by atoms with Crippen LogP contribution in [0.25, 0.3) is 0 Å². The van der Waals surface area contributed by atoms with Gasteiger partial charge in [0.15, 0.2) is 0 Å². The molecule has 4 heteroatoms. The molecular formula is C21H25BrN2S. The van der Waals surface area contributed by atoms with Gasteiger partial charge in [0.25, 0.3) is 0 Å². The number of benzene rings is 2. The van der Waals surface area contributed by atoms with Crippen LogP contribution in [0.2, 0.25) is 0 Å². The van der Waals surface area contributed by atoms with Crippen molar-refractivity contribution in [3.8, 4) is 0 Å². The van der Waals surface area contributed by atoms with Crippen LogP contribution in [0.3, 0.4) is 0 Å². The topological polar surface area (TPSA) is 6.48 Å². The molecule has 2 aliphatic heterocycles. The van der Waals surface area contributed by atoms with Crippen molar-refractivity contribution in [3.63, 3.8) is 0 Å². The third-order valence-corrected chi connectivity index (χ3v) is 6.64. The van der Waals surface area contributed by atoms with Gasteiger partial charge in [0.2, 0.25) is 0 Å². The highest BCUT2D eigenvalue weighted by Crippen LogP contribution is 2.39. The number of fused-ring (bicyclic) bond motifs is 2. The predicted molar refractivity (Wildman–Crippen MR) is 113 cm³/mol. The molecule has 132 valence electrons. The van der Waals surface area contributed by atoms with Gasteiger partial charge in [-0.2, -0.15) is 11.8 Å². The fourth-order valence-corrected chi connectivity index (χ4v) is 5.28. The molecule has 0 unspecified atom stereocenters. The van der Waals surface area contributed by atoms with E-state index in [0.717, 1.165) is 13.0 Å². The van der Waals surface area contributed by atoms with Crippen LogP contribution < -0.4 is 4.90 Å². The lowest BCUT2D eigenvalue weighted by Crippen LogP contribution is -2.33. The standard InChI is InChI=1S/C21H25BrN2S/c22-19-7-8-21-18(16-19)15-17-5-1-2-6-20(17)24(21)10-4-3-9-23-11-13-25-14-12-23/h1-2,5-8,16H,3-4,9-15H2. The molecule has 2 aromatic rings. The first-order valence-electron chi connectivity index (χ1n) is 9.25. The van der Waals surface area contributed by atoms with Crippen molar-refractivity contribution in [3.05, 3.63) is 58.1 Å². The van der Waals surface area contributed by atoms with Crippen molar-refractivity contribution < 1.29 is 0 Å². The molecule has 0 atom stereocenters. The number of hydrogen-bond donors (Lipinski definition) is 0. The van der Waals surface area contributed by atoms with E-state index in [-0.39, 0.29) is 0 Å². The molecular weight excluding hydrogens is 392 g/mol. The first-order valence-corrected chi connectivity index (χ1v) is 11.2. The number of hydrogen-bond acceptors (Lipinski definition) is 3. The Hall–Kier alpha value is -0.970. The molecule has 2 aromatic carbocycles. The van der Waals surface area contributed by atoms with E-state index in [1.807, 2.05) is 0 Å². The van der Waals surface area contributed by atoms with Crippen molar-refractivity contribution in [1.82, 2.24) is 4.90 Å². The van der Waals surface area contributed by atoms with Gasteiger partial charge in [0, 0.05) is 53.4 Å². The molecule has 0 amide bonds. The smallest absolute Gasteiger partial charge is 0.0447 e. The van der Waals surface area contributed by atoms with Crippen LogP contribution in [0.5, 0.6) is 0 Å². The zero-order chi connectivity index (χ0) is 17.1. The number of nitrogens with zero attached hydrogens (tertiary/aromatic N) is 2. The van der Waals surface area contributed by atoms with Crippen LogP contribution in [0.1, 0.15) is 24.0 Å². The largest absolute Gasteiger partial charge is 0.341 e. The Bertz CT molecular complexity index is 728. The van der Waals surface area contributed by atoms with Gasteiger partial charge in [-0.05, 0) is 54.8 Å². The molecule has 2 aliphatic rings. The average molecular weight is 417 g/mol.